The Morgan fingerprint density at radius 3 is 2.61 bits per heavy atom. The number of carbonyl (C=O) groups is 2. The van der Waals surface area contributed by atoms with Gasteiger partial charge in [0.15, 0.2) is 11.4 Å². The van der Waals surface area contributed by atoms with Crippen LogP contribution in [0.4, 0.5) is 8.78 Å². The van der Waals surface area contributed by atoms with Gasteiger partial charge >= 0.3 is 0 Å². The molecule has 3 atom stereocenters. The predicted octanol–water partition coefficient (Wildman–Crippen LogP) is 3.94. The zero-order valence-corrected chi connectivity index (χ0v) is 24.6. The molecule has 1 unspecified atom stereocenters. The molecule has 2 aliphatic heterocycles. The van der Waals surface area contributed by atoms with Crippen LogP contribution in [0.5, 0.6) is 5.75 Å². The summed E-state index contributed by atoms with van der Waals surface area (Å²) in [5.74, 6) is -2.43. The fourth-order valence-corrected chi connectivity index (χ4v) is 6.79. The summed E-state index contributed by atoms with van der Waals surface area (Å²) in [4.78, 5) is 45.9. The van der Waals surface area contributed by atoms with Gasteiger partial charge < -0.3 is 24.3 Å². The second-order valence-electron chi connectivity index (χ2n) is 11.7. The van der Waals surface area contributed by atoms with Gasteiger partial charge in [-0.1, -0.05) is 49.2 Å². The number of aromatic nitrogens is 1. The summed E-state index contributed by atoms with van der Waals surface area (Å²) < 4.78 is 40.7. The normalized spacial score (nSPS) is 21.3. The Balaban J connectivity index is 1.38. The Hall–Kier alpha value is -4.09. The molecule has 2 aromatic carbocycles. The van der Waals surface area contributed by atoms with E-state index in [1.54, 1.807) is 11.7 Å². The van der Waals surface area contributed by atoms with Crippen molar-refractivity contribution in [1.82, 2.24) is 19.7 Å². The number of hydrogen-bond donors (Lipinski definition) is 1. The molecule has 44 heavy (non-hydrogen) atoms. The molecule has 1 N–H and O–H groups in total. The molecule has 3 heterocycles. The van der Waals surface area contributed by atoms with Crippen LogP contribution in [0.3, 0.4) is 0 Å². The number of nitrogens with zero attached hydrogens (tertiary/aromatic N) is 3. The van der Waals surface area contributed by atoms with Gasteiger partial charge in [0, 0.05) is 50.6 Å². The fraction of sp³-hybridized carbons (Fsp3) is 0.424. The Kier molecular flexibility index (Phi) is 8.76. The Morgan fingerprint density at radius 2 is 1.84 bits per heavy atom. The second-order valence-corrected chi connectivity index (χ2v) is 11.7. The molecule has 6 rings (SSSR count). The number of nitrogens with one attached hydrogen (secondary N) is 1. The number of amides is 2. The molecule has 232 valence electrons. The number of halogens is 2. The smallest absolute Gasteiger partial charge is 0.276 e. The maximum atomic E-state index is 14.4. The zero-order chi connectivity index (χ0) is 30.8. The quantitative estimate of drug-likeness (QED) is 0.397. The molecule has 2 amide bonds. The van der Waals surface area contributed by atoms with E-state index in [1.807, 2.05) is 35.2 Å². The molecular weight excluding hydrogens is 570 g/mol. The summed E-state index contributed by atoms with van der Waals surface area (Å²) in [5.41, 5.74) is 0.0489. The largest absolute Gasteiger partial charge is 0.483 e. The first-order valence-electron chi connectivity index (χ1n) is 15.1. The van der Waals surface area contributed by atoms with Crippen LogP contribution in [-0.2, 0) is 24.4 Å². The molecule has 3 aromatic rings. The van der Waals surface area contributed by atoms with E-state index in [2.05, 4.69) is 10.2 Å². The van der Waals surface area contributed by atoms with E-state index in [0.717, 1.165) is 49.9 Å². The van der Waals surface area contributed by atoms with Crippen LogP contribution in [0.1, 0.15) is 57.7 Å². The predicted molar refractivity (Wildman–Crippen MR) is 158 cm³/mol. The van der Waals surface area contributed by atoms with Gasteiger partial charge in [-0.2, -0.15) is 0 Å². The van der Waals surface area contributed by atoms with Gasteiger partial charge in [-0.15, -0.1) is 0 Å². The number of pyridine rings is 1. The van der Waals surface area contributed by atoms with E-state index in [4.69, 9.17) is 9.47 Å². The van der Waals surface area contributed by atoms with E-state index in [9.17, 15) is 23.2 Å². The average molecular weight is 607 g/mol. The number of hydrogen-bond acceptors (Lipinski definition) is 6. The van der Waals surface area contributed by atoms with E-state index < -0.39 is 23.0 Å². The summed E-state index contributed by atoms with van der Waals surface area (Å²) in [6.07, 6.45) is 5.21. The van der Waals surface area contributed by atoms with Gasteiger partial charge in [-0.05, 0) is 30.4 Å². The van der Waals surface area contributed by atoms with Gasteiger partial charge in [0.1, 0.15) is 30.0 Å². The molecule has 3 aliphatic rings. The summed E-state index contributed by atoms with van der Waals surface area (Å²) in [6.45, 7) is 2.09. The molecule has 1 saturated carbocycles. The third-order valence-corrected chi connectivity index (χ3v) is 8.98. The van der Waals surface area contributed by atoms with Crippen LogP contribution in [-0.4, -0.2) is 65.2 Å². The number of carbonyl (C=O) groups excluding carboxylic acids is 2. The number of methoxy groups -OCH3 is 1. The van der Waals surface area contributed by atoms with Crippen molar-refractivity contribution in [3.8, 4) is 5.75 Å². The van der Waals surface area contributed by atoms with Crippen LogP contribution >= 0.6 is 0 Å². The first-order valence-corrected chi connectivity index (χ1v) is 15.1. The van der Waals surface area contributed by atoms with Gasteiger partial charge in [0.05, 0.1) is 13.2 Å². The van der Waals surface area contributed by atoms with Crippen molar-refractivity contribution >= 4 is 11.8 Å². The minimum absolute atomic E-state index is 0.0255. The van der Waals surface area contributed by atoms with Gasteiger partial charge in [-0.3, -0.25) is 19.3 Å². The van der Waals surface area contributed by atoms with Gasteiger partial charge in [0.2, 0.25) is 5.43 Å². The highest BCUT2D eigenvalue weighted by Crippen LogP contribution is 2.39. The van der Waals surface area contributed by atoms with Crippen molar-refractivity contribution in [1.29, 1.82) is 0 Å². The van der Waals surface area contributed by atoms with E-state index >= 15 is 0 Å². The zero-order valence-electron chi connectivity index (χ0n) is 24.6. The minimum atomic E-state index is -0.806. The molecule has 0 bridgehead atoms. The molecule has 1 saturated heterocycles. The number of benzene rings is 2. The molecule has 1 aromatic heterocycles. The molecular formula is C33H36F2N4O5. The molecule has 1 aliphatic carbocycles. The van der Waals surface area contributed by atoms with Crippen LogP contribution < -0.4 is 15.5 Å². The van der Waals surface area contributed by atoms with Crippen molar-refractivity contribution in [2.24, 2.45) is 5.92 Å². The van der Waals surface area contributed by atoms with E-state index in [-0.39, 0.29) is 53.8 Å². The number of fused-ring (bicyclic) bond motifs is 4. The lowest BCUT2D eigenvalue weighted by molar-refractivity contribution is -0.0789. The van der Waals surface area contributed by atoms with Crippen molar-refractivity contribution in [2.45, 2.75) is 57.6 Å². The highest BCUT2D eigenvalue weighted by atomic mass is 19.1. The van der Waals surface area contributed by atoms with E-state index in [1.165, 1.54) is 12.3 Å². The minimum Gasteiger partial charge on any atom is -0.483 e. The lowest BCUT2D eigenvalue weighted by Crippen LogP contribution is -2.68. The van der Waals surface area contributed by atoms with Crippen LogP contribution in [0.15, 0.2) is 59.5 Å². The first-order chi connectivity index (χ1) is 21.4. The van der Waals surface area contributed by atoms with Crippen LogP contribution in [0, 0.1) is 17.6 Å². The fourth-order valence-electron chi connectivity index (χ4n) is 6.79. The van der Waals surface area contributed by atoms with Crippen molar-refractivity contribution in [3.63, 3.8) is 0 Å². The van der Waals surface area contributed by atoms with Crippen molar-refractivity contribution < 1.29 is 27.8 Å². The molecule has 2 fully saturated rings. The Labute approximate surface area is 254 Å². The van der Waals surface area contributed by atoms with Gasteiger partial charge in [0.25, 0.3) is 11.8 Å². The van der Waals surface area contributed by atoms with Gasteiger partial charge in [-0.25, -0.2) is 8.78 Å². The lowest BCUT2D eigenvalue weighted by Gasteiger charge is -2.55. The molecule has 9 nitrogen and oxygen atoms in total. The topological polar surface area (TPSA) is 93.1 Å². The highest BCUT2D eigenvalue weighted by molar-refractivity contribution is 5.99. The summed E-state index contributed by atoms with van der Waals surface area (Å²) >= 11 is 0. The summed E-state index contributed by atoms with van der Waals surface area (Å²) in [5, 5.41) is 2.57. The number of ether oxygens (including phenoxy) is 2. The molecule has 0 spiro atoms. The van der Waals surface area contributed by atoms with Crippen molar-refractivity contribution in [2.75, 3.05) is 26.8 Å². The Bertz CT molecular complexity index is 1600. The standard InChI is InChI=1S/C33H36F2N4O5/c1-43-14-13-37-17-23-9-5-6-10-27(23)39-28(37)19-38-18-25(32(41)36-16-22-11-12-24(34)15-26(22)35)30(40)31(29(38)33(39)42)44-20-21-7-3-2-4-8-21/h2-4,7-8,11-12,15,18,23,27-28H,5-6,9-10,13-14,16-17,19-20H2,1H3,(H,36,41)/t23-,27-,28?/m0/s1. The highest BCUT2D eigenvalue weighted by Gasteiger charge is 2.48. The first kappa shape index (κ1) is 30.0. The third-order valence-electron chi connectivity index (χ3n) is 8.98. The third kappa shape index (κ3) is 5.86. The number of rotatable bonds is 9. The Morgan fingerprint density at radius 1 is 1.05 bits per heavy atom. The maximum Gasteiger partial charge on any atom is 0.276 e. The molecule has 0 radical (unpaired) electrons. The maximum absolute atomic E-state index is 14.4. The van der Waals surface area contributed by atoms with Crippen LogP contribution in [0.2, 0.25) is 0 Å². The SMILES string of the molecule is COCCN1C[C@@H]2CCCC[C@@H]2N2C(=O)c3c(OCc4ccccc4)c(=O)c(C(=O)NCc4ccc(F)cc4F)cn3CC12. The van der Waals surface area contributed by atoms with Crippen molar-refractivity contribution in [3.05, 3.63) is 99.0 Å². The van der Waals surface area contributed by atoms with Crippen LogP contribution in [0.25, 0.3) is 0 Å². The lowest BCUT2D eigenvalue weighted by atomic mass is 9.80. The second kappa shape index (κ2) is 12.9. The summed E-state index contributed by atoms with van der Waals surface area (Å²) in [7, 11) is 1.65. The van der Waals surface area contributed by atoms with E-state index in [0.29, 0.717) is 25.6 Å². The molecule has 11 heteroatoms. The average Bonchev–Trinajstić information content (AvgIpc) is 3.03. The summed E-state index contributed by atoms with van der Waals surface area (Å²) in [6, 6.07) is 12.4. The monoisotopic (exact) mass is 606 g/mol.